The van der Waals surface area contributed by atoms with E-state index in [1.54, 1.807) is 18.6 Å². The number of carbonyl (C=O) groups excluding carboxylic acids is 1. The summed E-state index contributed by atoms with van der Waals surface area (Å²) in [4.78, 5) is 33.6. The second-order valence-electron chi connectivity index (χ2n) is 5.85. The van der Waals surface area contributed by atoms with Gasteiger partial charge in [0.2, 0.25) is 0 Å². The van der Waals surface area contributed by atoms with E-state index < -0.39 is 0 Å². The van der Waals surface area contributed by atoms with Gasteiger partial charge in [0.25, 0.3) is 5.91 Å². The lowest BCUT2D eigenvalue weighted by Crippen LogP contribution is -2.32. The van der Waals surface area contributed by atoms with E-state index in [0.717, 1.165) is 36.1 Å². The Morgan fingerprint density at radius 2 is 2.00 bits per heavy atom. The Bertz CT molecular complexity index is 885. The minimum atomic E-state index is -0.234. The summed E-state index contributed by atoms with van der Waals surface area (Å²) in [5, 5.41) is 3.02. The van der Waals surface area contributed by atoms with Crippen LogP contribution >= 0.6 is 0 Å². The Labute approximate surface area is 144 Å². The highest BCUT2D eigenvalue weighted by Crippen LogP contribution is 2.29. The van der Waals surface area contributed by atoms with Gasteiger partial charge in [0.15, 0.2) is 5.82 Å². The first kappa shape index (κ1) is 15.3. The number of rotatable bonds is 3. The van der Waals surface area contributed by atoms with E-state index in [0.29, 0.717) is 11.5 Å². The third-order valence-corrected chi connectivity index (χ3v) is 4.20. The third-order valence-electron chi connectivity index (χ3n) is 4.20. The van der Waals surface area contributed by atoms with E-state index in [2.05, 4.69) is 30.2 Å². The van der Waals surface area contributed by atoms with Crippen LogP contribution in [0.2, 0.25) is 0 Å². The molecule has 0 saturated carbocycles. The molecule has 1 aliphatic carbocycles. The second kappa shape index (κ2) is 6.72. The van der Waals surface area contributed by atoms with Gasteiger partial charge in [-0.15, -0.1) is 0 Å². The summed E-state index contributed by atoms with van der Waals surface area (Å²) >= 11 is 0. The largest absolute Gasteiger partial charge is 0.344 e. The topological polar surface area (TPSA) is 93.6 Å². The smallest absolute Gasteiger partial charge is 0.271 e. The predicted molar refractivity (Wildman–Crippen MR) is 90.4 cm³/mol. The molecule has 0 bridgehead atoms. The van der Waals surface area contributed by atoms with Crippen LogP contribution in [0.3, 0.4) is 0 Å². The Morgan fingerprint density at radius 3 is 2.80 bits per heavy atom. The van der Waals surface area contributed by atoms with E-state index in [1.807, 2.05) is 18.3 Å². The first-order valence-electron chi connectivity index (χ1n) is 8.14. The first-order chi connectivity index (χ1) is 12.3. The second-order valence-corrected chi connectivity index (χ2v) is 5.85. The molecule has 0 aromatic carbocycles. The molecule has 124 valence electrons. The van der Waals surface area contributed by atoms with Gasteiger partial charge in [0.05, 0.1) is 12.2 Å². The molecule has 7 nitrogen and oxygen atoms in total. The Hall–Kier alpha value is -3.22. The van der Waals surface area contributed by atoms with Gasteiger partial charge in [-0.2, -0.15) is 0 Å². The lowest BCUT2D eigenvalue weighted by Gasteiger charge is -2.25. The van der Waals surface area contributed by atoms with Gasteiger partial charge >= 0.3 is 0 Å². The molecule has 0 aliphatic heterocycles. The van der Waals surface area contributed by atoms with Crippen LogP contribution < -0.4 is 5.32 Å². The van der Waals surface area contributed by atoms with E-state index in [1.165, 1.54) is 12.4 Å². The van der Waals surface area contributed by atoms with Crippen LogP contribution in [0, 0.1) is 0 Å². The van der Waals surface area contributed by atoms with Crippen molar-refractivity contribution in [2.45, 2.75) is 25.3 Å². The number of aromatic nitrogens is 5. The van der Waals surface area contributed by atoms with Crippen LogP contribution in [-0.4, -0.2) is 30.8 Å². The van der Waals surface area contributed by atoms with E-state index in [-0.39, 0.29) is 11.9 Å². The SMILES string of the molecule is O=C(NC1CCCc2nc(-c3cccnc3)ncc21)c1cnccn1. The summed E-state index contributed by atoms with van der Waals surface area (Å²) < 4.78 is 0. The average Bonchev–Trinajstić information content (AvgIpc) is 2.69. The van der Waals surface area contributed by atoms with Crippen molar-refractivity contribution in [2.24, 2.45) is 0 Å². The van der Waals surface area contributed by atoms with E-state index >= 15 is 0 Å². The maximum atomic E-state index is 12.3. The number of aryl methyl sites for hydroxylation is 1. The number of nitrogens with zero attached hydrogens (tertiary/aromatic N) is 5. The van der Waals surface area contributed by atoms with Crippen molar-refractivity contribution in [1.82, 2.24) is 30.2 Å². The highest BCUT2D eigenvalue weighted by atomic mass is 16.1. The van der Waals surface area contributed by atoms with Crippen LogP contribution in [0.25, 0.3) is 11.4 Å². The van der Waals surface area contributed by atoms with Crippen LogP contribution in [-0.2, 0) is 6.42 Å². The number of amides is 1. The van der Waals surface area contributed by atoms with Crippen molar-refractivity contribution in [3.63, 3.8) is 0 Å². The molecule has 0 fully saturated rings. The monoisotopic (exact) mass is 332 g/mol. The molecule has 1 amide bonds. The van der Waals surface area contributed by atoms with Gasteiger partial charge in [-0.05, 0) is 31.4 Å². The minimum Gasteiger partial charge on any atom is -0.344 e. The number of fused-ring (bicyclic) bond motifs is 1. The molecule has 3 aromatic rings. The fourth-order valence-electron chi connectivity index (χ4n) is 2.98. The molecule has 7 heteroatoms. The van der Waals surface area contributed by atoms with Crippen molar-refractivity contribution in [3.05, 3.63) is 66.3 Å². The van der Waals surface area contributed by atoms with Crippen molar-refractivity contribution >= 4 is 5.91 Å². The molecule has 25 heavy (non-hydrogen) atoms. The van der Waals surface area contributed by atoms with Gasteiger partial charge in [-0.3, -0.25) is 14.8 Å². The maximum Gasteiger partial charge on any atom is 0.271 e. The fourth-order valence-corrected chi connectivity index (χ4v) is 2.98. The standard InChI is InChI=1S/C18H16N6O/c25-18(16-11-20-7-8-21-16)24-15-5-1-4-14-13(15)10-22-17(23-14)12-3-2-6-19-9-12/h2-3,6-11,15H,1,4-5H2,(H,24,25). The van der Waals surface area contributed by atoms with Crippen LogP contribution in [0.1, 0.15) is 40.6 Å². The maximum absolute atomic E-state index is 12.3. The number of hydrogen-bond acceptors (Lipinski definition) is 6. The molecule has 4 rings (SSSR count). The molecule has 3 heterocycles. The average molecular weight is 332 g/mol. The van der Waals surface area contributed by atoms with E-state index in [9.17, 15) is 4.79 Å². The molecular formula is C18H16N6O. The zero-order valence-corrected chi connectivity index (χ0v) is 13.5. The van der Waals surface area contributed by atoms with Gasteiger partial charge in [-0.1, -0.05) is 0 Å². The lowest BCUT2D eigenvalue weighted by molar-refractivity contribution is 0.0927. The summed E-state index contributed by atoms with van der Waals surface area (Å²) in [6, 6.07) is 3.69. The van der Waals surface area contributed by atoms with E-state index in [4.69, 9.17) is 0 Å². The Kier molecular flexibility index (Phi) is 4.12. The normalized spacial score (nSPS) is 16.1. The molecule has 1 aliphatic rings. The zero-order valence-electron chi connectivity index (χ0n) is 13.5. The predicted octanol–water partition coefficient (Wildman–Crippen LogP) is 2.14. The summed E-state index contributed by atoms with van der Waals surface area (Å²) in [6.45, 7) is 0. The quantitative estimate of drug-likeness (QED) is 0.790. The molecule has 0 saturated heterocycles. The molecule has 1 atom stereocenters. The Morgan fingerprint density at radius 1 is 1.08 bits per heavy atom. The molecule has 1 unspecified atom stereocenters. The highest BCUT2D eigenvalue weighted by Gasteiger charge is 2.24. The van der Waals surface area contributed by atoms with Crippen LogP contribution in [0.5, 0.6) is 0 Å². The third kappa shape index (κ3) is 3.21. The molecule has 3 aromatic heterocycles. The number of pyridine rings is 1. The fraction of sp³-hybridized carbons (Fsp3) is 0.222. The number of hydrogen-bond donors (Lipinski definition) is 1. The first-order valence-corrected chi connectivity index (χ1v) is 8.14. The number of nitrogens with one attached hydrogen (secondary N) is 1. The zero-order chi connectivity index (χ0) is 17.1. The summed E-state index contributed by atoms with van der Waals surface area (Å²) in [6.07, 6.45) is 12.5. The van der Waals surface area contributed by atoms with Crippen molar-refractivity contribution < 1.29 is 4.79 Å². The van der Waals surface area contributed by atoms with Gasteiger partial charge in [-0.25, -0.2) is 15.0 Å². The van der Waals surface area contributed by atoms with Crippen molar-refractivity contribution in [2.75, 3.05) is 0 Å². The summed E-state index contributed by atoms with van der Waals surface area (Å²) in [7, 11) is 0. The number of carbonyl (C=O) groups is 1. The summed E-state index contributed by atoms with van der Waals surface area (Å²) in [5.74, 6) is 0.426. The van der Waals surface area contributed by atoms with Crippen molar-refractivity contribution in [1.29, 1.82) is 0 Å². The molecule has 0 spiro atoms. The van der Waals surface area contributed by atoms with Crippen molar-refractivity contribution in [3.8, 4) is 11.4 Å². The van der Waals surface area contributed by atoms with Crippen LogP contribution in [0.15, 0.2) is 49.3 Å². The lowest BCUT2D eigenvalue weighted by atomic mass is 9.92. The minimum absolute atomic E-state index is 0.110. The highest BCUT2D eigenvalue weighted by molar-refractivity contribution is 5.92. The Balaban J connectivity index is 1.59. The van der Waals surface area contributed by atoms with Gasteiger partial charge < -0.3 is 5.32 Å². The molecule has 1 N–H and O–H groups in total. The van der Waals surface area contributed by atoms with Crippen LogP contribution in [0.4, 0.5) is 0 Å². The summed E-state index contributed by atoms with van der Waals surface area (Å²) in [5.41, 5.74) is 3.14. The van der Waals surface area contributed by atoms with Gasteiger partial charge in [0.1, 0.15) is 5.69 Å². The molecular weight excluding hydrogens is 316 g/mol. The van der Waals surface area contributed by atoms with Gasteiger partial charge in [0, 0.05) is 47.8 Å². The molecule has 0 radical (unpaired) electrons.